The summed E-state index contributed by atoms with van der Waals surface area (Å²) in [5.41, 5.74) is 8.74. The summed E-state index contributed by atoms with van der Waals surface area (Å²) in [7, 11) is 0. The van der Waals surface area contributed by atoms with Crippen LogP contribution < -0.4 is 10.6 Å². The minimum Gasteiger partial charge on any atom is -0.330 e. The third-order valence-corrected chi connectivity index (χ3v) is 6.07. The molecule has 1 aromatic heterocycles. The predicted molar refractivity (Wildman–Crippen MR) is 100 cm³/mol. The first kappa shape index (κ1) is 17.4. The first-order valence-corrected chi connectivity index (χ1v) is 9.17. The Balaban J connectivity index is 0.00000169. The number of hydrogen-bond donors (Lipinski definition) is 1. The Labute approximate surface area is 152 Å². The minimum atomic E-state index is 0. The van der Waals surface area contributed by atoms with Gasteiger partial charge in [0.15, 0.2) is 0 Å². The van der Waals surface area contributed by atoms with Gasteiger partial charge in [0, 0.05) is 29.4 Å². The molecule has 1 aromatic carbocycles. The van der Waals surface area contributed by atoms with Crippen LogP contribution in [0.25, 0.3) is 0 Å². The van der Waals surface area contributed by atoms with E-state index in [1.165, 1.54) is 42.6 Å². The molecule has 0 saturated heterocycles. The topological polar surface area (TPSA) is 59.2 Å². The van der Waals surface area contributed by atoms with Crippen LogP contribution in [-0.2, 0) is 11.8 Å². The molecule has 2 heterocycles. The number of nitrogens with two attached hydrogens (primary N) is 1. The molecule has 128 valence electrons. The van der Waals surface area contributed by atoms with E-state index in [1.807, 2.05) is 16.3 Å². The number of rotatable bonds is 3. The molecule has 6 heteroatoms. The molecular weight excluding hydrogens is 342 g/mol. The number of carbonyl (C=O) groups excluding carboxylic acids is 1. The molecule has 1 amide bonds. The Morgan fingerprint density at radius 2 is 2.04 bits per heavy atom. The Bertz CT molecular complexity index is 739. The zero-order chi connectivity index (χ0) is 15.9. The van der Waals surface area contributed by atoms with Gasteiger partial charge in [-0.15, -0.1) is 23.7 Å². The third-order valence-electron chi connectivity index (χ3n) is 5.16. The van der Waals surface area contributed by atoms with Crippen molar-refractivity contribution < 1.29 is 4.79 Å². The van der Waals surface area contributed by atoms with Gasteiger partial charge in [0.1, 0.15) is 5.69 Å². The summed E-state index contributed by atoms with van der Waals surface area (Å²) >= 11 is 1.53. The van der Waals surface area contributed by atoms with E-state index in [4.69, 9.17) is 5.73 Å². The highest BCUT2D eigenvalue weighted by Crippen LogP contribution is 2.50. The molecule has 1 spiro atoms. The molecule has 0 bridgehead atoms. The van der Waals surface area contributed by atoms with Gasteiger partial charge in [-0.25, -0.2) is 4.98 Å². The van der Waals surface area contributed by atoms with Crippen LogP contribution in [0.15, 0.2) is 29.6 Å². The minimum absolute atomic E-state index is 0. The van der Waals surface area contributed by atoms with Gasteiger partial charge < -0.3 is 10.6 Å². The van der Waals surface area contributed by atoms with Gasteiger partial charge in [-0.2, -0.15) is 0 Å². The van der Waals surface area contributed by atoms with Crippen LogP contribution in [0, 0.1) is 0 Å². The van der Waals surface area contributed by atoms with Gasteiger partial charge in [0.25, 0.3) is 5.91 Å². The summed E-state index contributed by atoms with van der Waals surface area (Å²) in [6, 6.07) is 8.39. The Hall–Kier alpha value is -1.43. The number of anilines is 1. The molecule has 1 aliphatic carbocycles. The van der Waals surface area contributed by atoms with Crippen molar-refractivity contribution in [3.05, 3.63) is 45.9 Å². The maximum absolute atomic E-state index is 13.0. The van der Waals surface area contributed by atoms with Crippen molar-refractivity contribution in [3.63, 3.8) is 0 Å². The maximum Gasteiger partial charge on any atom is 0.277 e. The number of nitrogens with zero attached hydrogens (tertiary/aromatic N) is 2. The number of amides is 1. The fourth-order valence-corrected chi connectivity index (χ4v) is 4.86. The molecule has 0 atom stereocenters. The first-order valence-electron chi connectivity index (χ1n) is 8.29. The molecule has 1 saturated carbocycles. The Kier molecular flexibility index (Phi) is 4.95. The molecule has 2 aliphatic rings. The van der Waals surface area contributed by atoms with Crippen LogP contribution in [0.1, 0.15) is 46.7 Å². The average molecular weight is 364 g/mol. The molecule has 1 aliphatic heterocycles. The summed E-state index contributed by atoms with van der Waals surface area (Å²) < 4.78 is 0. The smallest absolute Gasteiger partial charge is 0.277 e. The lowest BCUT2D eigenvalue weighted by atomic mass is 9.81. The van der Waals surface area contributed by atoms with E-state index >= 15 is 0 Å². The van der Waals surface area contributed by atoms with Gasteiger partial charge in [-0.05, 0) is 31.0 Å². The average Bonchev–Trinajstić information content (AvgIpc) is 3.29. The van der Waals surface area contributed by atoms with Crippen LogP contribution in [0.5, 0.6) is 0 Å². The van der Waals surface area contributed by atoms with E-state index in [0.717, 1.165) is 23.7 Å². The van der Waals surface area contributed by atoms with E-state index in [1.54, 1.807) is 0 Å². The van der Waals surface area contributed by atoms with Gasteiger partial charge in [-0.3, -0.25) is 4.79 Å². The summed E-state index contributed by atoms with van der Waals surface area (Å²) in [6.45, 7) is 1.37. The molecular formula is C18H22ClN3OS. The molecule has 1 fully saturated rings. The number of para-hydroxylation sites is 1. The summed E-state index contributed by atoms with van der Waals surface area (Å²) in [4.78, 5) is 19.4. The Morgan fingerprint density at radius 3 is 2.79 bits per heavy atom. The largest absolute Gasteiger partial charge is 0.330 e. The number of thiazole rings is 1. The fraction of sp³-hybridized carbons (Fsp3) is 0.444. The highest BCUT2D eigenvalue weighted by Gasteiger charge is 2.46. The zero-order valence-electron chi connectivity index (χ0n) is 13.5. The van der Waals surface area contributed by atoms with Gasteiger partial charge >= 0.3 is 0 Å². The molecule has 24 heavy (non-hydrogen) atoms. The maximum atomic E-state index is 13.0. The fourth-order valence-electron chi connectivity index (χ4n) is 4.08. The number of fused-ring (bicyclic) bond motifs is 2. The van der Waals surface area contributed by atoms with Crippen LogP contribution >= 0.6 is 23.7 Å². The normalized spacial score (nSPS) is 17.8. The Morgan fingerprint density at radius 1 is 1.29 bits per heavy atom. The quantitative estimate of drug-likeness (QED) is 0.907. The number of aromatic nitrogens is 1. The van der Waals surface area contributed by atoms with Gasteiger partial charge in [0.05, 0.1) is 5.01 Å². The second kappa shape index (κ2) is 6.82. The molecule has 0 unspecified atom stereocenters. The number of carbonyl (C=O) groups is 1. The highest BCUT2D eigenvalue weighted by molar-refractivity contribution is 7.09. The first-order chi connectivity index (χ1) is 11.2. The summed E-state index contributed by atoms with van der Waals surface area (Å²) in [6.07, 6.45) is 5.62. The van der Waals surface area contributed by atoms with Crippen molar-refractivity contribution in [3.8, 4) is 0 Å². The monoisotopic (exact) mass is 363 g/mol. The third kappa shape index (κ3) is 2.75. The second-order valence-corrected chi connectivity index (χ2v) is 7.50. The summed E-state index contributed by atoms with van der Waals surface area (Å²) in [5.74, 6) is 0.0285. The van der Waals surface area contributed by atoms with Crippen molar-refractivity contribution in [1.82, 2.24) is 4.98 Å². The van der Waals surface area contributed by atoms with Crippen LogP contribution in [0.4, 0.5) is 5.69 Å². The molecule has 4 rings (SSSR count). The predicted octanol–water partition coefficient (Wildman–Crippen LogP) is 3.54. The standard InChI is InChI=1S/C18H21N3OS.ClH/c19-10-7-16-20-14(11-23-16)17(22)21-12-18(8-3-4-9-18)13-5-1-2-6-15(13)21;/h1-2,5-6,11H,3-4,7-10,12,19H2;1H. The van der Waals surface area contributed by atoms with Crippen LogP contribution in [-0.4, -0.2) is 24.0 Å². The van der Waals surface area contributed by atoms with Crippen molar-refractivity contribution in [2.45, 2.75) is 37.5 Å². The lowest BCUT2D eigenvalue weighted by Crippen LogP contribution is -2.35. The van der Waals surface area contributed by atoms with Crippen molar-refractivity contribution in [2.75, 3.05) is 18.0 Å². The summed E-state index contributed by atoms with van der Waals surface area (Å²) in [5, 5.41) is 2.81. The van der Waals surface area contributed by atoms with Gasteiger partial charge in [-0.1, -0.05) is 31.0 Å². The van der Waals surface area contributed by atoms with E-state index in [-0.39, 0.29) is 23.7 Å². The van der Waals surface area contributed by atoms with Crippen LogP contribution in [0.3, 0.4) is 0 Å². The number of halogens is 1. The van der Waals surface area contributed by atoms with Crippen molar-refractivity contribution >= 4 is 35.3 Å². The molecule has 2 N–H and O–H groups in total. The molecule has 2 aromatic rings. The number of benzene rings is 1. The van der Waals surface area contributed by atoms with Crippen molar-refractivity contribution in [1.29, 1.82) is 0 Å². The van der Waals surface area contributed by atoms with Gasteiger partial charge in [0.2, 0.25) is 0 Å². The molecule has 0 radical (unpaired) electrons. The van der Waals surface area contributed by atoms with Crippen molar-refractivity contribution in [2.24, 2.45) is 5.73 Å². The zero-order valence-corrected chi connectivity index (χ0v) is 15.2. The SMILES string of the molecule is Cl.NCCc1nc(C(=O)N2CC3(CCCC3)c3ccccc32)cs1. The molecule has 4 nitrogen and oxygen atoms in total. The lowest BCUT2D eigenvalue weighted by Gasteiger charge is -2.24. The van der Waals surface area contributed by atoms with Crippen LogP contribution in [0.2, 0.25) is 0 Å². The van der Waals surface area contributed by atoms with E-state index < -0.39 is 0 Å². The van der Waals surface area contributed by atoms with E-state index in [9.17, 15) is 4.79 Å². The highest BCUT2D eigenvalue weighted by atomic mass is 35.5. The number of hydrogen-bond acceptors (Lipinski definition) is 4. The second-order valence-electron chi connectivity index (χ2n) is 6.56. The lowest BCUT2D eigenvalue weighted by molar-refractivity contribution is 0.0980. The van der Waals surface area contributed by atoms with E-state index in [2.05, 4.69) is 23.2 Å². The van der Waals surface area contributed by atoms with E-state index in [0.29, 0.717) is 12.2 Å².